The number of hydrogen-bond donors (Lipinski definition) is 3. The molecule has 0 aromatic heterocycles. The van der Waals surface area contributed by atoms with E-state index in [-0.39, 0.29) is 0 Å². The minimum Gasteiger partial charge on any atom is -0.478 e. The minimum atomic E-state index is -4.64. The molecule has 21 heavy (non-hydrogen) atoms. The summed E-state index contributed by atoms with van der Waals surface area (Å²) in [6, 6.07) is 2.13. The van der Waals surface area contributed by atoms with Crippen molar-refractivity contribution in [2.24, 2.45) is 0 Å². The number of carboxylic acid groups (broad SMARTS) is 2. The fraction of sp³-hybridized carbons (Fsp3) is 0.333. The molecule has 118 valence electrons. The normalized spacial score (nSPS) is 11.3. The summed E-state index contributed by atoms with van der Waals surface area (Å²) in [6.07, 6.45) is 0. The Morgan fingerprint density at radius 3 is 1.38 bits per heavy atom. The van der Waals surface area contributed by atoms with Gasteiger partial charge in [0.15, 0.2) is 0 Å². The van der Waals surface area contributed by atoms with Crippen molar-refractivity contribution in [2.75, 3.05) is 28.2 Å². The molecule has 0 saturated heterocycles. The lowest BCUT2D eigenvalue weighted by molar-refractivity contribution is -0.849. The molecule has 0 spiro atoms. The van der Waals surface area contributed by atoms with E-state index in [9.17, 15) is 18.0 Å². The Morgan fingerprint density at radius 2 is 1.19 bits per heavy atom. The zero-order valence-corrected chi connectivity index (χ0v) is 12.9. The average molecular weight is 320 g/mol. The van der Waals surface area contributed by atoms with Crippen molar-refractivity contribution in [3.05, 3.63) is 29.3 Å². The van der Waals surface area contributed by atoms with Gasteiger partial charge in [-0.25, -0.2) is 9.59 Å². The molecule has 3 N–H and O–H groups in total. The van der Waals surface area contributed by atoms with Crippen LogP contribution in [-0.2, 0) is 10.1 Å². The van der Waals surface area contributed by atoms with Crippen LogP contribution in [0.15, 0.2) is 23.1 Å². The molecule has 0 aliphatic heterocycles. The predicted molar refractivity (Wildman–Crippen MR) is 74.1 cm³/mol. The predicted octanol–water partition coefficient (Wildman–Crippen LogP) is 0.652. The largest absolute Gasteiger partial charge is 0.478 e. The van der Waals surface area contributed by atoms with Gasteiger partial charge in [0.25, 0.3) is 10.1 Å². The molecule has 1 aromatic rings. The third kappa shape index (κ3) is 8.02. The summed E-state index contributed by atoms with van der Waals surface area (Å²) in [5.74, 6) is -2.99. The molecule has 0 radical (unpaired) electrons. The van der Waals surface area contributed by atoms with E-state index in [0.717, 1.165) is 10.5 Å². The summed E-state index contributed by atoms with van der Waals surface area (Å²) >= 11 is 0. The number of rotatable bonds is 3. The van der Waals surface area contributed by atoms with Crippen LogP contribution in [0.25, 0.3) is 0 Å². The Balaban J connectivity index is 0.000000690. The molecule has 8 nitrogen and oxygen atoms in total. The van der Waals surface area contributed by atoms with Crippen LogP contribution in [0.3, 0.4) is 0 Å². The molecule has 0 bridgehead atoms. The molecule has 9 heteroatoms. The molecule has 0 unspecified atom stereocenters. The van der Waals surface area contributed by atoms with Gasteiger partial charge in [-0.05, 0) is 18.2 Å². The quantitative estimate of drug-likeness (QED) is 0.551. The van der Waals surface area contributed by atoms with Gasteiger partial charge in [0.2, 0.25) is 0 Å². The molecule has 0 amide bonds. The Labute approximate surface area is 122 Å². The summed E-state index contributed by atoms with van der Waals surface area (Å²) in [4.78, 5) is 20.4. The number of hydrogen-bond acceptors (Lipinski definition) is 4. The van der Waals surface area contributed by atoms with Gasteiger partial charge >= 0.3 is 11.9 Å². The number of quaternary nitrogens is 1. The van der Waals surface area contributed by atoms with Crippen LogP contribution in [0.2, 0.25) is 0 Å². The highest BCUT2D eigenvalue weighted by Gasteiger charge is 2.17. The fourth-order valence-corrected chi connectivity index (χ4v) is 1.55. The minimum absolute atomic E-state index is 0.535. The summed E-state index contributed by atoms with van der Waals surface area (Å²) in [5.41, 5.74) is -1.07. The highest BCUT2D eigenvalue weighted by atomic mass is 32.2. The van der Waals surface area contributed by atoms with E-state index in [4.69, 9.17) is 14.8 Å². The smallest absolute Gasteiger partial charge is 0.335 e. The number of benzene rings is 1. The molecule has 1 aromatic carbocycles. The van der Waals surface area contributed by atoms with Gasteiger partial charge in [-0.2, -0.15) is 8.42 Å². The highest BCUT2D eigenvalue weighted by molar-refractivity contribution is 7.85. The van der Waals surface area contributed by atoms with Crippen molar-refractivity contribution in [2.45, 2.75) is 4.90 Å². The van der Waals surface area contributed by atoms with Crippen LogP contribution in [0.4, 0.5) is 0 Å². The molecular formula is C12H18NO7S+. The molecule has 0 aliphatic rings. The maximum atomic E-state index is 10.8. The zero-order chi connectivity index (χ0) is 17.0. The number of aromatic carboxylic acids is 2. The Morgan fingerprint density at radius 1 is 0.905 bits per heavy atom. The highest BCUT2D eigenvalue weighted by Crippen LogP contribution is 2.15. The molecule has 1 rings (SSSR count). The Kier molecular flexibility index (Phi) is 6.03. The van der Waals surface area contributed by atoms with Gasteiger partial charge in [0, 0.05) is 0 Å². The van der Waals surface area contributed by atoms with E-state index in [1.807, 2.05) is 0 Å². The van der Waals surface area contributed by atoms with Crippen LogP contribution < -0.4 is 0 Å². The van der Waals surface area contributed by atoms with Gasteiger partial charge in [-0.1, -0.05) is 0 Å². The van der Waals surface area contributed by atoms with Crippen molar-refractivity contribution in [1.29, 1.82) is 0 Å². The van der Waals surface area contributed by atoms with Crippen LogP contribution in [-0.4, -0.2) is 67.8 Å². The van der Waals surface area contributed by atoms with Crippen LogP contribution >= 0.6 is 0 Å². The zero-order valence-electron chi connectivity index (χ0n) is 12.1. The third-order valence-electron chi connectivity index (χ3n) is 1.70. The molecular weight excluding hydrogens is 302 g/mol. The van der Waals surface area contributed by atoms with Crippen molar-refractivity contribution in [3.63, 3.8) is 0 Å². The second-order valence-corrected chi connectivity index (χ2v) is 6.94. The third-order valence-corrected chi connectivity index (χ3v) is 2.53. The molecule has 0 saturated carbocycles. The Hall–Kier alpha value is -1.97. The lowest BCUT2D eigenvalue weighted by atomic mass is 10.1. The maximum absolute atomic E-state index is 10.8. The van der Waals surface area contributed by atoms with Crippen LogP contribution in [0.1, 0.15) is 20.7 Å². The van der Waals surface area contributed by atoms with Crippen LogP contribution in [0, 0.1) is 0 Å². The number of nitrogens with zero attached hydrogens (tertiary/aromatic N) is 1. The monoisotopic (exact) mass is 320 g/mol. The van der Waals surface area contributed by atoms with Gasteiger partial charge in [0.1, 0.15) is 0 Å². The van der Waals surface area contributed by atoms with Gasteiger partial charge < -0.3 is 14.7 Å². The average Bonchev–Trinajstić information content (AvgIpc) is 2.24. The van der Waals surface area contributed by atoms with Gasteiger partial charge in [-0.15, -0.1) is 0 Å². The van der Waals surface area contributed by atoms with E-state index in [0.29, 0.717) is 12.1 Å². The second-order valence-electron chi connectivity index (χ2n) is 5.51. The number of carboxylic acids is 2. The first-order valence-electron chi connectivity index (χ1n) is 5.60. The van der Waals surface area contributed by atoms with Crippen molar-refractivity contribution < 1.29 is 37.3 Å². The van der Waals surface area contributed by atoms with E-state index >= 15 is 0 Å². The maximum Gasteiger partial charge on any atom is 0.335 e. The summed E-state index contributed by atoms with van der Waals surface area (Å²) < 4.78 is 31.2. The first-order valence-corrected chi connectivity index (χ1v) is 7.04. The topological polar surface area (TPSA) is 129 Å². The van der Waals surface area contributed by atoms with Gasteiger partial charge in [-0.3, -0.25) is 4.55 Å². The SMILES string of the molecule is C[N+](C)(C)C.O=C(O)c1cc(C(=O)O)cc(S(=O)(=O)O)c1. The molecule has 0 atom stereocenters. The first-order chi connectivity index (χ1) is 9.21. The standard InChI is InChI=1S/C8H6O7S.C4H12N/c9-7(10)4-1-5(8(11)12)3-6(2-4)16(13,14)15;1-5(2,3)4/h1-3H,(H,9,10)(H,11,12)(H,13,14,15);1-4H3/q;+1. The van der Waals surface area contributed by atoms with Crippen molar-refractivity contribution >= 4 is 22.1 Å². The van der Waals surface area contributed by atoms with Crippen molar-refractivity contribution in [1.82, 2.24) is 0 Å². The van der Waals surface area contributed by atoms with E-state index in [1.165, 1.54) is 0 Å². The van der Waals surface area contributed by atoms with E-state index < -0.39 is 38.1 Å². The van der Waals surface area contributed by atoms with Crippen molar-refractivity contribution in [3.8, 4) is 0 Å². The van der Waals surface area contributed by atoms with E-state index in [2.05, 4.69) is 28.2 Å². The lowest BCUT2D eigenvalue weighted by Crippen LogP contribution is -2.27. The van der Waals surface area contributed by atoms with Gasteiger partial charge in [0.05, 0.1) is 44.2 Å². The first kappa shape index (κ1) is 19.0. The fourth-order valence-electron chi connectivity index (χ4n) is 0.995. The molecule has 0 heterocycles. The summed E-state index contributed by atoms with van der Waals surface area (Å²) in [6.45, 7) is 0. The Bertz CT molecular complexity index is 606. The second kappa shape index (κ2) is 6.66. The number of carbonyl (C=O) groups is 2. The van der Waals surface area contributed by atoms with E-state index in [1.54, 1.807) is 0 Å². The van der Waals surface area contributed by atoms with Crippen LogP contribution in [0.5, 0.6) is 0 Å². The lowest BCUT2D eigenvalue weighted by Gasteiger charge is -2.14. The summed E-state index contributed by atoms with van der Waals surface area (Å²) in [7, 11) is 3.86. The molecule has 0 aliphatic carbocycles. The molecule has 0 fully saturated rings. The summed E-state index contributed by atoms with van der Waals surface area (Å²) in [5, 5.41) is 17.2.